The van der Waals surface area contributed by atoms with Gasteiger partial charge in [-0.15, -0.1) is 0 Å². The van der Waals surface area contributed by atoms with Crippen LogP contribution < -0.4 is 10.1 Å². The number of hydrogen-bond donors (Lipinski definition) is 1. The average molecular weight is 346 g/mol. The monoisotopic (exact) mass is 346 g/mol. The first-order chi connectivity index (χ1) is 10.7. The third kappa shape index (κ3) is 3.99. The van der Waals surface area contributed by atoms with Crippen LogP contribution in [0.4, 0.5) is 19.3 Å². The summed E-state index contributed by atoms with van der Waals surface area (Å²) in [6, 6.07) is 1.31. The highest BCUT2D eigenvalue weighted by Crippen LogP contribution is 2.28. The summed E-state index contributed by atoms with van der Waals surface area (Å²) in [4.78, 5) is 13.9. The number of methoxy groups -OCH3 is 1. The number of rotatable bonds is 2. The summed E-state index contributed by atoms with van der Waals surface area (Å²) < 4.78 is 43.3. The minimum absolute atomic E-state index is 0.0379. The van der Waals surface area contributed by atoms with Gasteiger partial charge in [0.1, 0.15) is 5.75 Å². The molecule has 2 rings (SSSR count). The maximum absolute atomic E-state index is 13.4. The van der Waals surface area contributed by atoms with E-state index in [1.54, 1.807) is 0 Å². The van der Waals surface area contributed by atoms with Gasteiger partial charge in [-0.1, -0.05) is 0 Å². The fraction of sp³-hybridized carbons (Fsp3) is 0.533. The molecule has 2 amide bonds. The Kier molecular flexibility index (Phi) is 5.23. The fourth-order valence-electron chi connectivity index (χ4n) is 2.29. The second-order valence-corrected chi connectivity index (χ2v) is 8.15. The van der Waals surface area contributed by atoms with Gasteiger partial charge in [-0.2, -0.15) is 0 Å². The van der Waals surface area contributed by atoms with E-state index in [2.05, 4.69) is 5.32 Å². The molecule has 0 bridgehead atoms. The molecule has 1 aliphatic rings. The molecule has 1 fully saturated rings. The minimum Gasteiger partial charge on any atom is -0.494 e. The molecular weight excluding hydrogens is 326 g/mol. The summed E-state index contributed by atoms with van der Waals surface area (Å²) >= 11 is 0. The number of ether oxygens (including phenoxy) is 1. The molecule has 1 heterocycles. The van der Waals surface area contributed by atoms with E-state index in [0.29, 0.717) is 25.3 Å². The Morgan fingerprint density at radius 2 is 1.96 bits per heavy atom. The zero-order valence-corrected chi connectivity index (χ0v) is 14.1. The van der Waals surface area contributed by atoms with Gasteiger partial charge in [-0.25, -0.2) is 13.6 Å². The van der Waals surface area contributed by atoms with Crippen LogP contribution in [-0.2, 0) is 10.8 Å². The van der Waals surface area contributed by atoms with Crippen LogP contribution in [0.15, 0.2) is 12.1 Å². The van der Waals surface area contributed by atoms with Crippen LogP contribution in [0.1, 0.15) is 20.3 Å². The van der Waals surface area contributed by atoms with Gasteiger partial charge in [-0.05, 0) is 20.3 Å². The van der Waals surface area contributed by atoms with E-state index in [4.69, 9.17) is 4.74 Å². The second-order valence-electron chi connectivity index (χ2n) is 5.94. The first kappa shape index (κ1) is 17.7. The number of nitrogens with zero attached hydrogens (tertiary/aromatic N) is 1. The summed E-state index contributed by atoms with van der Waals surface area (Å²) in [5.74, 6) is -1.70. The zero-order valence-electron chi connectivity index (χ0n) is 13.3. The van der Waals surface area contributed by atoms with Gasteiger partial charge in [0, 0.05) is 46.5 Å². The molecule has 1 aromatic carbocycles. The number of amides is 2. The minimum atomic E-state index is -1.07. The van der Waals surface area contributed by atoms with E-state index in [0.717, 1.165) is 12.1 Å². The molecule has 8 heteroatoms. The largest absolute Gasteiger partial charge is 0.494 e. The summed E-state index contributed by atoms with van der Waals surface area (Å²) in [6.07, 6.45) is 0.599. The summed E-state index contributed by atoms with van der Waals surface area (Å²) in [5, 5.41) is 2.53. The topological polar surface area (TPSA) is 58.6 Å². The molecule has 0 saturated carbocycles. The lowest BCUT2D eigenvalue weighted by Gasteiger charge is -2.23. The van der Waals surface area contributed by atoms with Gasteiger partial charge < -0.3 is 15.0 Å². The van der Waals surface area contributed by atoms with Crippen LogP contribution in [-0.4, -0.2) is 45.8 Å². The van der Waals surface area contributed by atoms with Crippen molar-refractivity contribution in [2.75, 3.05) is 31.3 Å². The highest BCUT2D eigenvalue weighted by atomic mass is 32.2. The zero-order chi connectivity index (χ0) is 17.2. The Morgan fingerprint density at radius 3 is 2.61 bits per heavy atom. The average Bonchev–Trinajstić information content (AvgIpc) is 2.62. The van der Waals surface area contributed by atoms with E-state index < -0.39 is 28.5 Å². The highest BCUT2D eigenvalue weighted by Gasteiger charge is 2.31. The molecule has 23 heavy (non-hydrogen) atoms. The summed E-state index contributed by atoms with van der Waals surface area (Å²) in [7, 11) is 0.285. The molecule has 1 N–H and O–H groups in total. The lowest BCUT2D eigenvalue weighted by atomic mass is 10.1. The van der Waals surface area contributed by atoms with Gasteiger partial charge in [0.2, 0.25) is 0 Å². The molecule has 1 saturated heterocycles. The third-order valence-corrected chi connectivity index (χ3v) is 5.91. The number of carbonyl (C=O) groups excluding carboxylic acids is 1. The quantitative estimate of drug-likeness (QED) is 0.896. The van der Waals surface area contributed by atoms with Crippen molar-refractivity contribution in [3.8, 4) is 5.75 Å². The van der Waals surface area contributed by atoms with Gasteiger partial charge in [-0.3, -0.25) is 4.21 Å². The third-order valence-electron chi connectivity index (χ3n) is 3.92. The lowest BCUT2D eigenvalue weighted by molar-refractivity contribution is 0.214. The lowest BCUT2D eigenvalue weighted by Crippen LogP contribution is -2.37. The van der Waals surface area contributed by atoms with Crippen LogP contribution >= 0.6 is 0 Å². The Labute approximate surface area is 136 Å². The normalized spacial score (nSPS) is 20.7. The molecule has 0 radical (unpaired) electrons. The molecular formula is C15H20F2N2O3S. The molecule has 1 aliphatic heterocycles. The summed E-state index contributed by atoms with van der Waals surface area (Å²) in [5.41, 5.74) is 0.0565. The molecule has 1 aromatic rings. The predicted molar refractivity (Wildman–Crippen MR) is 85.2 cm³/mol. The molecule has 0 aromatic heterocycles. The van der Waals surface area contributed by atoms with Crippen molar-refractivity contribution in [3.63, 3.8) is 0 Å². The van der Waals surface area contributed by atoms with Crippen molar-refractivity contribution in [1.82, 2.24) is 4.90 Å². The van der Waals surface area contributed by atoms with E-state index in [1.807, 2.05) is 13.8 Å². The number of nitrogens with one attached hydrogen (secondary N) is 1. The van der Waals surface area contributed by atoms with Crippen LogP contribution in [0.2, 0.25) is 0 Å². The smallest absolute Gasteiger partial charge is 0.321 e. The van der Waals surface area contributed by atoms with Gasteiger partial charge >= 0.3 is 6.03 Å². The Bertz CT molecular complexity index is 637. The van der Waals surface area contributed by atoms with E-state index in [-0.39, 0.29) is 16.2 Å². The standard InChI is InChI=1S/C15H20F2N2O3S/c1-15(2)4-5-19(6-7-23(15)21)14(20)18-12-8-10(16)11(17)9-13(12)22-3/h8-9H,4-7H2,1-3H3,(H,18,20)/t23-/m0/s1. The number of anilines is 1. The molecule has 0 unspecified atom stereocenters. The molecule has 1 atom stereocenters. The number of halogens is 2. The number of benzene rings is 1. The van der Waals surface area contributed by atoms with Gasteiger partial charge in [0.15, 0.2) is 11.6 Å². The first-order valence-corrected chi connectivity index (χ1v) is 8.54. The molecule has 128 valence electrons. The second kappa shape index (κ2) is 6.82. The van der Waals surface area contributed by atoms with Crippen LogP contribution in [0, 0.1) is 11.6 Å². The van der Waals surface area contributed by atoms with Crippen molar-refractivity contribution < 1.29 is 22.5 Å². The summed E-state index contributed by atoms with van der Waals surface area (Å²) in [6.45, 7) is 4.59. The first-order valence-electron chi connectivity index (χ1n) is 7.22. The van der Waals surface area contributed by atoms with Crippen molar-refractivity contribution in [1.29, 1.82) is 0 Å². The van der Waals surface area contributed by atoms with Crippen molar-refractivity contribution >= 4 is 22.5 Å². The maximum Gasteiger partial charge on any atom is 0.321 e. The van der Waals surface area contributed by atoms with E-state index in [1.165, 1.54) is 12.0 Å². The van der Waals surface area contributed by atoms with Crippen LogP contribution in [0.5, 0.6) is 5.75 Å². The predicted octanol–water partition coefficient (Wildman–Crippen LogP) is 2.74. The highest BCUT2D eigenvalue weighted by molar-refractivity contribution is 7.86. The SMILES string of the molecule is COc1cc(F)c(F)cc1NC(=O)N1CC[S@](=O)C(C)(C)CC1. The number of hydrogen-bond acceptors (Lipinski definition) is 3. The van der Waals surface area contributed by atoms with Gasteiger partial charge in [0.25, 0.3) is 0 Å². The fourth-order valence-corrected chi connectivity index (χ4v) is 3.55. The molecule has 0 aliphatic carbocycles. The number of urea groups is 1. The Morgan fingerprint density at radius 1 is 1.30 bits per heavy atom. The van der Waals surface area contributed by atoms with E-state index >= 15 is 0 Å². The van der Waals surface area contributed by atoms with E-state index in [9.17, 15) is 17.8 Å². The number of carbonyl (C=O) groups is 1. The van der Waals surface area contributed by atoms with Crippen molar-refractivity contribution in [2.24, 2.45) is 0 Å². The van der Waals surface area contributed by atoms with Crippen LogP contribution in [0.3, 0.4) is 0 Å². The molecule has 5 nitrogen and oxygen atoms in total. The Balaban J connectivity index is 2.13. The molecule has 0 spiro atoms. The maximum atomic E-state index is 13.4. The van der Waals surface area contributed by atoms with Crippen molar-refractivity contribution in [2.45, 2.75) is 25.0 Å². The van der Waals surface area contributed by atoms with Crippen LogP contribution in [0.25, 0.3) is 0 Å². The van der Waals surface area contributed by atoms with Gasteiger partial charge in [0.05, 0.1) is 12.8 Å². The Hall–Kier alpha value is -1.70. The van der Waals surface area contributed by atoms with Crippen molar-refractivity contribution in [3.05, 3.63) is 23.8 Å².